The summed E-state index contributed by atoms with van der Waals surface area (Å²) in [5.41, 5.74) is 6.01. The van der Waals surface area contributed by atoms with Gasteiger partial charge in [-0.25, -0.2) is 0 Å². The number of carbonyl (C=O) groups is 1. The summed E-state index contributed by atoms with van der Waals surface area (Å²) >= 11 is 7.99. The van der Waals surface area contributed by atoms with Crippen molar-refractivity contribution in [1.82, 2.24) is 0 Å². The Labute approximate surface area is 121 Å². The van der Waals surface area contributed by atoms with E-state index >= 15 is 0 Å². The number of rotatable bonds is 4. The van der Waals surface area contributed by atoms with E-state index in [1.165, 1.54) is 5.75 Å². The van der Waals surface area contributed by atoms with Crippen molar-refractivity contribution in [3.8, 4) is 5.75 Å². The molecule has 1 saturated heterocycles. The molecule has 1 aromatic rings. The Morgan fingerprint density at radius 1 is 1.58 bits per heavy atom. The van der Waals surface area contributed by atoms with Gasteiger partial charge in [-0.15, -0.1) is 0 Å². The summed E-state index contributed by atoms with van der Waals surface area (Å²) in [6.07, 6.45) is 2.35. The molecule has 0 bridgehead atoms. The Kier molecular flexibility index (Phi) is 4.96. The molecule has 2 atom stereocenters. The summed E-state index contributed by atoms with van der Waals surface area (Å²) in [5, 5.41) is 9.26. The normalized spacial score (nSPS) is 20.8. The maximum absolute atomic E-state index is 10.8. The van der Waals surface area contributed by atoms with Gasteiger partial charge >= 0.3 is 5.97 Å². The fourth-order valence-electron chi connectivity index (χ4n) is 1.93. The third-order valence-electron chi connectivity index (χ3n) is 2.99. The zero-order valence-corrected chi connectivity index (χ0v) is 11.9. The van der Waals surface area contributed by atoms with Crippen molar-refractivity contribution in [2.45, 2.75) is 25.0 Å². The molecular weight excluding hydrogens is 286 g/mol. The quantitative estimate of drug-likeness (QED) is 0.894. The van der Waals surface area contributed by atoms with Gasteiger partial charge < -0.3 is 15.6 Å². The van der Waals surface area contributed by atoms with Crippen molar-refractivity contribution < 1.29 is 14.6 Å². The van der Waals surface area contributed by atoms with Crippen LogP contribution in [0.1, 0.15) is 24.4 Å². The summed E-state index contributed by atoms with van der Waals surface area (Å²) in [7, 11) is 0. The van der Waals surface area contributed by atoms with Crippen LogP contribution in [0.15, 0.2) is 18.2 Å². The summed E-state index contributed by atoms with van der Waals surface area (Å²) in [4.78, 5) is 10.8. The molecule has 0 amide bonds. The van der Waals surface area contributed by atoms with E-state index in [-0.39, 0.29) is 6.10 Å². The Balaban J connectivity index is 2.08. The second kappa shape index (κ2) is 6.50. The molecule has 1 heterocycles. The van der Waals surface area contributed by atoms with E-state index in [1.54, 1.807) is 18.2 Å². The molecule has 4 nitrogen and oxygen atoms in total. The van der Waals surface area contributed by atoms with Crippen LogP contribution in [-0.2, 0) is 4.79 Å². The first-order valence-electron chi connectivity index (χ1n) is 6.10. The third kappa shape index (κ3) is 3.78. The van der Waals surface area contributed by atoms with Gasteiger partial charge in [0.25, 0.3) is 0 Å². The van der Waals surface area contributed by atoms with Gasteiger partial charge in [-0.3, -0.25) is 4.79 Å². The highest BCUT2D eigenvalue weighted by atomic mass is 35.5. The maximum atomic E-state index is 10.8. The lowest BCUT2D eigenvalue weighted by Gasteiger charge is -2.23. The van der Waals surface area contributed by atoms with E-state index < -0.39 is 12.0 Å². The first-order chi connectivity index (χ1) is 9.08. The van der Waals surface area contributed by atoms with E-state index in [0.717, 1.165) is 18.6 Å². The minimum Gasteiger partial charge on any atom is -0.488 e. The van der Waals surface area contributed by atoms with Gasteiger partial charge in [-0.1, -0.05) is 17.7 Å². The second-order valence-corrected chi connectivity index (χ2v) is 6.02. The molecule has 2 rings (SSSR count). The molecule has 1 aliphatic heterocycles. The van der Waals surface area contributed by atoms with Gasteiger partial charge in [0.15, 0.2) is 0 Å². The van der Waals surface area contributed by atoms with Gasteiger partial charge in [0.1, 0.15) is 17.9 Å². The highest BCUT2D eigenvalue weighted by Gasteiger charge is 2.19. The number of halogens is 1. The minimum atomic E-state index is -1.08. The third-order valence-corrected chi connectivity index (χ3v) is 4.47. The van der Waals surface area contributed by atoms with Gasteiger partial charge in [0.2, 0.25) is 0 Å². The van der Waals surface area contributed by atoms with E-state index in [2.05, 4.69) is 0 Å². The first kappa shape index (κ1) is 14.5. The predicted octanol–water partition coefficient (Wildman–Crippen LogP) is 2.70. The van der Waals surface area contributed by atoms with Crippen LogP contribution in [0.5, 0.6) is 5.75 Å². The molecule has 6 heteroatoms. The molecular formula is C13H16ClNO3S. The fourth-order valence-corrected chi connectivity index (χ4v) is 3.20. The lowest BCUT2D eigenvalue weighted by Crippen LogP contribution is -2.24. The summed E-state index contributed by atoms with van der Waals surface area (Å²) in [6, 6.07) is 3.85. The van der Waals surface area contributed by atoms with Crippen LogP contribution in [0.3, 0.4) is 0 Å². The van der Waals surface area contributed by atoms with Crippen LogP contribution in [0.2, 0.25) is 5.02 Å². The molecule has 2 unspecified atom stereocenters. The minimum absolute atomic E-state index is 0.176. The van der Waals surface area contributed by atoms with Crippen LogP contribution in [-0.4, -0.2) is 28.7 Å². The molecule has 1 aromatic carbocycles. The lowest BCUT2D eigenvalue weighted by molar-refractivity contribution is -0.138. The molecule has 0 saturated carbocycles. The Bertz CT molecular complexity index is 463. The highest BCUT2D eigenvalue weighted by molar-refractivity contribution is 7.99. The van der Waals surface area contributed by atoms with Crippen molar-refractivity contribution in [2.75, 3.05) is 11.5 Å². The topological polar surface area (TPSA) is 72.6 Å². The summed E-state index contributed by atoms with van der Waals surface area (Å²) in [5.74, 6) is 1.66. The Morgan fingerprint density at radius 3 is 2.95 bits per heavy atom. The fraction of sp³-hybridized carbons (Fsp3) is 0.462. The number of nitrogens with two attached hydrogens (primary N) is 1. The molecule has 0 aliphatic carbocycles. The first-order valence-corrected chi connectivity index (χ1v) is 7.63. The van der Waals surface area contributed by atoms with Gasteiger partial charge in [-0.2, -0.15) is 11.8 Å². The van der Waals surface area contributed by atoms with Crippen molar-refractivity contribution >= 4 is 29.3 Å². The van der Waals surface area contributed by atoms with Crippen LogP contribution in [0, 0.1) is 0 Å². The number of carboxylic acid groups (broad SMARTS) is 1. The molecule has 1 aliphatic rings. The number of aliphatic carboxylic acids is 1. The highest BCUT2D eigenvalue weighted by Crippen LogP contribution is 2.30. The number of carboxylic acids is 1. The second-order valence-electron chi connectivity index (χ2n) is 4.46. The number of benzene rings is 1. The summed E-state index contributed by atoms with van der Waals surface area (Å²) in [6.45, 7) is 0. The molecule has 3 N–H and O–H groups in total. The zero-order chi connectivity index (χ0) is 13.8. The van der Waals surface area contributed by atoms with E-state index in [0.29, 0.717) is 16.3 Å². The van der Waals surface area contributed by atoms with E-state index in [9.17, 15) is 4.79 Å². The zero-order valence-electron chi connectivity index (χ0n) is 10.3. The van der Waals surface area contributed by atoms with Crippen LogP contribution in [0.25, 0.3) is 0 Å². The molecule has 104 valence electrons. The maximum Gasteiger partial charge on any atom is 0.325 e. The molecule has 19 heavy (non-hydrogen) atoms. The number of hydrogen-bond donors (Lipinski definition) is 2. The molecule has 0 aromatic heterocycles. The van der Waals surface area contributed by atoms with Crippen molar-refractivity contribution in [3.63, 3.8) is 0 Å². The van der Waals surface area contributed by atoms with Crippen molar-refractivity contribution in [1.29, 1.82) is 0 Å². The van der Waals surface area contributed by atoms with Crippen LogP contribution < -0.4 is 10.5 Å². The van der Waals surface area contributed by atoms with Crippen molar-refractivity contribution in [2.24, 2.45) is 5.73 Å². The standard InChI is InChI=1S/C13H16ClNO3S/c14-10-6-8(12(15)13(16)17)3-4-11(10)18-9-2-1-5-19-7-9/h3-4,6,9,12H,1-2,5,7,15H2,(H,16,17). The van der Waals surface area contributed by atoms with E-state index in [1.807, 2.05) is 11.8 Å². The molecule has 0 spiro atoms. The smallest absolute Gasteiger partial charge is 0.325 e. The Morgan fingerprint density at radius 2 is 2.37 bits per heavy atom. The van der Waals surface area contributed by atoms with Gasteiger partial charge in [0.05, 0.1) is 5.02 Å². The molecule has 1 fully saturated rings. The molecule has 0 radical (unpaired) electrons. The van der Waals surface area contributed by atoms with Crippen LogP contribution >= 0.6 is 23.4 Å². The number of ether oxygens (including phenoxy) is 1. The monoisotopic (exact) mass is 301 g/mol. The number of hydrogen-bond acceptors (Lipinski definition) is 4. The number of thioether (sulfide) groups is 1. The average Bonchev–Trinajstić information content (AvgIpc) is 2.41. The van der Waals surface area contributed by atoms with Gasteiger partial charge in [0, 0.05) is 5.75 Å². The SMILES string of the molecule is NC(C(=O)O)c1ccc(OC2CCCSC2)c(Cl)c1. The largest absolute Gasteiger partial charge is 0.488 e. The van der Waals surface area contributed by atoms with E-state index in [4.69, 9.17) is 27.2 Å². The van der Waals surface area contributed by atoms with Crippen molar-refractivity contribution in [3.05, 3.63) is 28.8 Å². The Hall–Kier alpha value is -0.910. The van der Waals surface area contributed by atoms with Gasteiger partial charge in [-0.05, 0) is 36.3 Å². The van der Waals surface area contributed by atoms with Crippen LogP contribution in [0.4, 0.5) is 0 Å². The predicted molar refractivity (Wildman–Crippen MR) is 77.0 cm³/mol. The average molecular weight is 302 g/mol. The summed E-state index contributed by atoms with van der Waals surface area (Å²) < 4.78 is 5.84. The lowest BCUT2D eigenvalue weighted by atomic mass is 10.1.